The molecule has 0 aromatic carbocycles. The van der Waals surface area contributed by atoms with Gasteiger partial charge in [-0.3, -0.25) is 0 Å². The molecule has 1 saturated carbocycles. The molecule has 36 heavy (non-hydrogen) atoms. The van der Waals surface area contributed by atoms with Crippen molar-refractivity contribution in [3.05, 3.63) is 0 Å². The molecule has 1 aliphatic rings. The van der Waals surface area contributed by atoms with E-state index in [1.807, 2.05) is 0 Å². The van der Waals surface area contributed by atoms with E-state index in [1.54, 1.807) is 0 Å². The third-order valence-electron chi connectivity index (χ3n) is 3.00. The molecule has 0 radical (unpaired) electrons. The van der Waals surface area contributed by atoms with Crippen LogP contribution in [0.25, 0.3) is 0 Å². The summed E-state index contributed by atoms with van der Waals surface area (Å²) < 4.78 is 58.0. The van der Waals surface area contributed by atoms with Crippen LogP contribution >= 0.6 is 31.3 Å². The topological polar surface area (TPSA) is 330 Å². The third kappa shape index (κ3) is 31.0. The molecule has 168 valence electrons. The van der Waals surface area contributed by atoms with Crippen LogP contribution in [0.15, 0.2) is 0 Å². The fourth-order valence-corrected chi connectivity index (χ4v) is 4.39. The van der Waals surface area contributed by atoms with Gasteiger partial charge in [0.25, 0.3) is 0 Å². The Labute approximate surface area is 546 Å². The van der Waals surface area contributed by atoms with Gasteiger partial charge < -0.3 is 85.7 Å². The quantitative estimate of drug-likeness (QED) is 0.170. The van der Waals surface area contributed by atoms with Crippen molar-refractivity contribution in [3.63, 3.8) is 0 Å². The smallest absolute Gasteiger partial charge is 0.790 e. The normalized spacial score (nSPS) is 25.7. The molecular formula is C6H8K8O18P4. The summed E-state index contributed by atoms with van der Waals surface area (Å²) in [7, 11) is -24.9. The van der Waals surface area contributed by atoms with Crippen LogP contribution in [0.4, 0.5) is 0 Å². The molecule has 0 amide bonds. The molecule has 6 atom stereocenters. The van der Waals surface area contributed by atoms with Gasteiger partial charge in [0, 0.05) is 0 Å². The molecule has 6 unspecified atom stereocenters. The van der Waals surface area contributed by atoms with Crippen molar-refractivity contribution in [1.29, 1.82) is 0 Å². The molecular weight excluding hydrogens is 797 g/mol. The van der Waals surface area contributed by atoms with Crippen LogP contribution in [0.3, 0.4) is 0 Å². The summed E-state index contributed by atoms with van der Waals surface area (Å²) in [6.45, 7) is 0. The number of aliphatic hydroxyl groups is 2. The first-order valence-electron chi connectivity index (χ1n) is 6.38. The molecule has 18 nitrogen and oxygen atoms in total. The van der Waals surface area contributed by atoms with Crippen LogP contribution in [-0.4, -0.2) is 46.8 Å². The average Bonchev–Trinajstić information content (AvgIpc) is 2.39. The molecule has 0 aromatic heterocycles. The maximum Gasteiger partial charge on any atom is 1.00 e. The molecule has 1 rings (SSSR count). The standard InChI is InChI=1S/C6H16O18P4.8K/c7-1-2(8)4(22-26(12,13)14)6(24-28(18,19)20)5(23-27(15,16)17)3(1)21-25(9,10)11;;;;;;;;/h1-8H,(H2,9,10,11)(H2,12,13,14)(H2,15,16,17)(H2,18,19,20);;;;;;;;/q;8*+1/p-8. The Hall–Kier alpha value is 13.5. The summed E-state index contributed by atoms with van der Waals surface area (Å²) in [6.07, 6.45) is -17.6. The Morgan fingerprint density at radius 1 is 0.389 bits per heavy atom. The number of hydrogen-bond donors (Lipinski definition) is 2. The predicted octanol–water partition coefficient (Wildman–Crippen LogP) is -32.4. The summed E-state index contributed by atoms with van der Waals surface area (Å²) >= 11 is 0. The van der Waals surface area contributed by atoms with E-state index in [-0.39, 0.29) is 411 Å². The van der Waals surface area contributed by atoms with E-state index in [0.29, 0.717) is 0 Å². The van der Waals surface area contributed by atoms with Crippen LogP contribution in [0.5, 0.6) is 0 Å². The van der Waals surface area contributed by atoms with Crippen molar-refractivity contribution in [2.75, 3.05) is 0 Å². The fourth-order valence-electron chi connectivity index (χ4n) is 2.23. The van der Waals surface area contributed by atoms with Gasteiger partial charge in [-0.25, -0.2) is 0 Å². The van der Waals surface area contributed by atoms with Crippen molar-refractivity contribution in [1.82, 2.24) is 0 Å². The SMILES string of the molecule is O=P([O-])([O-])OC1C(O)C(O)C(OP(=O)([O-])[O-])C(OP(=O)([O-])[O-])C1OP(=O)([O-])[O-].[K+].[K+].[K+].[K+].[K+].[K+].[K+].[K+]. The van der Waals surface area contributed by atoms with E-state index in [1.165, 1.54) is 0 Å². The molecule has 0 spiro atoms. The zero-order valence-electron chi connectivity index (χ0n) is 20.7. The molecule has 30 heteroatoms. The van der Waals surface area contributed by atoms with Crippen molar-refractivity contribution in [3.8, 4) is 0 Å². The zero-order valence-corrected chi connectivity index (χ0v) is 49.2. The number of phosphoric ester groups is 4. The van der Waals surface area contributed by atoms with Gasteiger partial charge in [0.2, 0.25) is 0 Å². The Bertz CT molecular complexity index is 692. The van der Waals surface area contributed by atoms with Gasteiger partial charge in [-0.05, 0) is 0 Å². The van der Waals surface area contributed by atoms with Gasteiger partial charge in [0.1, 0.15) is 36.6 Å². The second-order valence-corrected chi connectivity index (χ2v) is 9.47. The molecule has 2 N–H and O–H groups in total. The minimum absolute atomic E-state index is 0. The summed E-state index contributed by atoms with van der Waals surface area (Å²) in [4.78, 5) is 86.3. The van der Waals surface area contributed by atoms with Crippen molar-refractivity contribution in [2.24, 2.45) is 0 Å². The van der Waals surface area contributed by atoms with Crippen LogP contribution in [-0.2, 0) is 36.4 Å². The monoisotopic (exact) mass is 804 g/mol. The summed E-state index contributed by atoms with van der Waals surface area (Å²) in [5, 5.41) is 19.5. The van der Waals surface area contributed by atoms with Crippen molar-refractivity contribution < 1.29 is 497 Å². The van der Waals surface area contributed by atoms with Gasteiger partial charge in [-0.1, -0.05) is 0 Å². The van der Waals surface area contributed by atoms with Gasteiger partial charge in [0.05, 0.1) is 31.3 Å². The minimum Gasteiger partial charge on any atom is -0.790 e. The maximum atomic E-state index is 10.8. The van der Waals surface area contributed by atoms with Crippen LogP contribution in [0.2, 0.25) is 0 Å². The Balaban J connectivity index is -0.000000163. The Morgan fingerprint density at radius 2 is 0.528 bits per heavy atom. The number of aliphatic hydroxyl groups excluding tert-OH is 2. The van der Waals surface area contributed by atoms with Crippen molar-refractivity contribution >= 4 is 31.3 Å². The first kappa shape index (κ1) is 67.6. The van der Waals surface area contributed by atoms with E-state index >= 15 is 0 Å². The molecule has 0 heterocycles. The summed E-state index contributed by atoms with van der Waals surface area (Å²) in [6, 6.07) is 0. The van der Waals surface area contributed by atoms with E-state index in [9.17, 15) is 67.6 Å². The summed E-state index contributed by atoms with van der Waals surface area (Å²) in [5.74, 6) is 0. The first-order valence-corrected chi connectivity index (χ1v) is 12.2. The largest absolute Gasteiger partial charge is 1.00 e. The van der Waals surface area contributed by atoms with Crippen LogP contribution < -0.4 is 450 Å². The first-order chi connectivity index (χ1) is 12.2. The van der Waals surface area contributed by atoms with E-state index < -0.39 is 67.9 Å². The molecule has 0 saturated heterocycles. The summed E-state index contributed by atoms with van der Waals surface area (Å²) in [5.41, 5.74) is 0. The average molecular weight is 805 g/mol. The molecule has 0 bridgehead atoms. The van der Waals surface area contributed by atoms with Crippen molar-refractivity contribution in [2.45, 2.75) is 36.6 Å². The zero-order chi connectivity index (χ0) is 22.3. The predicted molar refractivity (Wildman–Crippen MR) is 61.9 cm³/mol. The van der Waals surface area contributed by atoms with Gasteiger partial charge in [0.15, 0.2) is 0 Å². The maximum absolute atomic E-state index is 10.8. The van der Waals surface area contributed by atoms with Crippen LogP contribution in [0, 0.1) is 0 Å². The Morgan fingerprint density at radius 3 is 0.667 bits per heavy atom. The van der Waals surface area contributed by atoms with Crippen LogP contribution in [0.1, 0.15) is 0 Å². The van der Waals surface area contributed by atoms with E-state index in [4.69, 9.17) is 0 Å². The van der Waals surface area contributed by atoms with Gasteiger partial charge in [-0.2, -0.15) is 0 Å². The Kier molecular flexibility index (Phi) is 57.9. The number of rotatable bonds is 8. The van der Waals surface area contributed by atoms with E-state index in [2.05, 4.69) is 18.1 Å². The minimum atomic E-state index is -6.28. The second-order valence-electron chi connectivity index (χ2n) is 5.05. The third-order valence-corrected chi connectivity index (χ3v) is 5.00. The van der Waals surface area contributed by atoms with E-state index in [0.717, 1.165) is 0 Å². The van der Waals surface area contributed by atoms with Gasteiger partial charge >= 0.3 is 411 Å². The van der Waals surface area contributed by atoms with Gasteiger partial charge in [-0.15, -0.1) is 0 Å². The second kappa shape index (κ2) is 30.9. The number of hydrogen-bond acceptors (Lipinski definition) is 18. The number of phosphoric acid groups is 4. The molecule has 0 aliphatic heterocycles. The molecule has 0 aromatic rings. The fraction of sp³-hybridized carbons (Fsp3) is 1.00. The molecule has 1 aliphatic carbocycles. The molecule has 1 fully saturated rings.